The molecule has 5 heteroatoms. The molecule has 1 aromatic carbocycles. The topological polar surface area (TPSA) is 34.9 Å². The third kappa shape index (κ3) is 3.00. The minimum Gasteiger partial charge on any atom is -0.294 e. The van der Waals surface area contributed by atoms with Gasteiger partial charge in [-0.15, -0.1) is 0 Å². The fourth-order valence-electron chi connectivity index (χ4n) is 1.67. The van der Waals surface area contributed by atoms with E-state index in [9.17, 15) is 4.79 Å². The van der Waals surface area contributed by atoms with Crippen molar-refractivity contribution in [2.24, 2.45) is 0 Å². The van der Waals surface area contributed by atoms with Crippen LogP contribution in [0.15, 0.2) is 35.1 Å². The van der Waals surface area contributed by atoms with Crippen molar-refractivity contribution in [2.45, 2.75) is 19.9 Å². The van der Waals surface area contributed by atoms with Crippen molar-refractivity contribution in [2.75, 3.05) is 0 Å². The molecule has 94 valence electrons. The predicted octanol–water partition coefficient (Wildman–Crippen LogP) is 3.74. The van der Waals surface area contributed by atoms with E-state index in [0.29, 0.717) is 17.0 Å². The van der Waals surface area contributed by atoms with Crippen molar-refractivity contribution in [1.82, 2.24) is 9.78 Å². The molecule has 18 heavy (non-hydrogen) atoms. The summed E-state index contributed by atoms with van der Waals surface area (Å²) in [6.45, 7) is 2.81. The van der Waals surface area contributed by atoms with Gasteiger partial charge < -0.3 is 0 Å². The summed E-state index contributed by atoms with van der Waals surface area (Å²) in [7, 11) is 0. The number of rotatable bonds is 4. The molecule has 0 spiro atoms. The molecular formula is C13H12BrClN2O. The van der Waals surface area contributed by atoms with Gasteiger partial charge >= 0.3 is 0 Å². The number of nitrogens with zero attached hydrogens (tertiary/aromatic N) is 2. The largest absolute Gasteiger partial charge is 0.294 e. The Balaban J connectivity index is 2.16. The Morgan fingerprint density at radius 2 is 2.28 bits per heavy atom. The van der Waals surface area contributed by atoms with Crippen LogP contribution in [0.25, 0.3) is 0 Å². The zero-order valence-electron chi connectivity index (χ0n) is 9.86. The van der Waals surface area contributed by atoms with Gasteiger partial charge in [-0.3, -0.25) is 9.48 Å². The van der Waals surface area contributed by atoms with Crippen LogP contribution in [0.1, 0.15) is 22.8 Å². The number of carbonyl (C=O) groups is 1. The molecule has 0 N–H and O–H groups in total. The van der Waals surface area contributed by atoms with Crippen molar-refractivity contribution in [3.63, 3.8) is 0 Å². The van der Waals surface area contributed by atoms with Gasteiger partial charge in [-0.05, 0) is 46.6 Å². The van der Waals surface area contributed by atoms with Crippen LogP contribution in [0.5, 0.6) is 0 Å². The van der Waals surface area contributed by atoms with Gasteiger partial charge in [-0.25, -0.2) is 0 Å². The molecule has 0 unspecified atom stereocenters. The van der Waals surface area contributed by atoms with Gasteiger partial charge in [0.1, 0.15) is 0 Å². The summed E-state index contributed by atoms with van der Waals surface area (Å²) in [5.41, 5.74) is 1.56. The van der Waals surface area contributed by atoms with Crippen LogP contribution in [-0.2, 0) is 13.0 Å². The lowest BCUT2D eigenvalue weighted by Crippen LogP contribution is -2.04. The van der Waals surface area contributed by atoms with Gasteiger partial charge in [0.05, 0.1) is 6.20 Å². The van der Waals surface area contributed by atoms with Crippen LogP contribution in [0.4, 0.5) is 0 Å². The Kier molecular flexibility index (Phi) is 4.19. The Hall–Kier alpha value is -1.13. The number of hydrogen-bond acceptors (Lipinski definition) is 2. The molecule has 1 aromatic heterocycles. The first-order valence-electron chi connectivity index (χ1n) is 5.59. The summed E-state index contributed by atoms with van der Waals surface area (Å²) in [4.78, 5) is 12.1. The molecule has 0 radical (unpaired) electrons. The molecule has 0 amide bonds. The fourth-order valence-corrected chi connectivity index (χ4v) is 2.57. The summed E-state index contributed by atoms with van der Waals surface area (Å²) >= 11 is 9.20. The molecule has 0 aliphatic carbocycles. The first-order chi connectivity index (χ1) is 8.60. The van der Waals surface area contributed by atoms with Crippen molar-refractivity contribution >= 4 is 33.3 Å². The van der Waals surface area contributed by atoms with E-state index in [1.54, 1.807) is 29.1 Å². The second kappa shape index (κ2) is 5.67. The number of benzene rings is 1. The highest BCUT2D eigenvalue weighted by atomic mass is 79.9. The van der Waals surface area contributed by atoms with Gasteiger partial charge in [-0.2, -0.15) is 5.10 Å². The second-order valence-electron chi connectivity index (χ2n) is 3.93. The number of halogens is 2. The van der Waals surface area contributed by atoms with E-state index >= 15 is 0 Å². The van der Waals surface area contributed by atoms with Crippen molar-refractivity contribution < 1.29 is 4.79 Å². The van der Waals surface area contributed by atoms with E-state index in [1.165, 1.54) is 0 Å². The maximum atomic E-state index is 12.1. The Morgan fingerprint density at radius 1 is 1.50 bits per heavy atom. The van der Waals surface area contributed by atoms with E-state index in [1.807, 2.05) is 13.1 Å². The lowest BCUT2D eigenvalue weighted by molar-refractivity contribution is 0.0992. The Morgan fingerprint density at radius 3 is 2.89 bits per heavy atom. The molecule has 0 aliphatic heterocycles. The van der Waals surface area contributed by atoms with Crippen LogP contribution in [0.3, 0.4) is 0 Å². The minimum atomic E-state index is 0.0502. The minimum absolute atomic E-state index is 0.0502. The molecule has 0 saturated carbocycles. The average molecular weight is 328 g/mol. The zero-order valence-corrected chi connectivity index (χ0v) is 12.2. The predicted molar refractivity (Wildman–Crippen MR) is 75.1 cm³/mol. The third-order valence-electron chi connectivity index (χ3n) is 2.61. The van der Waals surface area contributed by atoms with Crippen molar-refractivity contribution in [3.8, 4) is 0 Å². The lowest BCUT2D eigenvalue weighted by Gasteiger charge is -2.03. The molecule has 2 aromatic rings. The fraction of sp³-hybridized carbons (Fsp3) is 0.231. The quantitative estimate of drug-likeness (QED) is 0.802. The normalized spacial score (nSPS) is 10.6. The standard InChI is InChI=1S/C13H12BrClN2O/c1-2-17-8-9(7-16-17)5-13(18)11-4-3-10(15)6-12(11)14/h3-4,6-8H,2,5H2,1H3. The average Bonchev–Trinajstić information content (AvgIpc) is 2.76. The summed E-state index contributed by atoms with van der Waals surface area (Å²) in [6.07, 6.45) is 3.97. The van der Waals surface area contributed by atoms with Crippen LogP contribution < -0.4 is 0 Å². The lowest BCUT2D eigenvalue weighted by atomic mass is 10.1. The van der Waals surface area contributed by atoms with E-state index in [0.717, 1.165) is 16.6 Å². The summed E-state index contributed by atoms with van der Waals surface area (Å²) in [5, 5.41) is 4.76. The van der Waals surface area contributed by atoms with Gasteiger partial charge in [0.2, 0.25) is 0 Å². The number of Topliss-reactive ketones (excluding diaryl/α,β-unsaturated/α-hetero) is 1. The number of carbonyl (C=O) groups excluding carboxylic acids is 1. The Bertz CT molecular complexity index is 580. The molecule has 0 atom stereocenters. The maximum Gasteiger partial charge on any atom is 0.168 e. The molecule has 0 fully saturated rings. The van der Waals surface area contributed by atoms with Crippen molar-refractivity contribution in [1.29, 1.82) is 0 Å². The highest BCUT2D eigenvalue weighted by Crippen LogP contribution is 2.22. The van der Waals surface area contributed by atoms with Crippen LogP contribution in [0.2, 0.25) is 5.02 Å². The summed E-state index contributed by atoms with van der Waals surface area (Å²) in [6, 6.07) is 5.18. The summed E-state index contributed by atoms with van der Waals surface area (Å²) in [5.74, 6) is 0.0502. The van der Waals surface area contributed by atoms with E-state index in [-0.39, 0.29) is 5.78 Å². The first kappa shape index (κ1) is 13.3. The SMILES string of the molecule is CCn1cc(CC(=O)c2ccc(Cl)cc2Br)cn1. The second-order valence-corrected chi connectivity index (χ2v) is 5.22. The van der Waals surface area contributed by atoms with Crippen LogP contribution in [-0.4, -0.2) is 15.6 Å². The van der Waals surface area contributed by atoms with E-state index < -0.39 is 0 Å². The number of ketones is 1. The van der Waals surface area contributed by atoms with Gasteiger partial charge in [0, 0.05) is 34.2 Å². The zero-order chi connectivity index (χ0) is 13.1. The molecule has 0 aliphatic rings. The molecule has 0 saturated heterocycles. The number of aromatic nitrogens is 2. The number of hydrogen-bond donors (Lipinski definition) is 0. The molecule has 3 nitrogen and oxygen atoms in total. The molecule has 1 heterocycles. The highest BCUT2D eigenvalue weighted by Gasteiger charge is 2.12. The smallest absolute Gasteiger partial charge is 0.168 e. The Labute approximate surface area is 119 Å². The third-order valence-corrected chi connectivity index (χ3v) is 3.50. The van der Waals surface area contributed by atoms with E-state index in [2.05, 4.69) is 21.0 Å². The first-order valence-corrected chi connectivity index (χ1v) is 6.77. The van der Waals surface area contributed by atoms with E-state index in [4.69, 9.17) is 11.6 Å². The maximum absolute atomic E-state index is 12.1. The van der Waals surface area contributed by atoms with Crippen molar-refractivity contribution in [3.05, 3.63) is 51.2 Å². The molecular weight excluding hydrogens is 316 g/mol. The van der Waals surface area contributed by atoms with Gasteiger partial charge in [-0.1, -0.05) is 11.6 Å². The number of aryl methyl sites for hydroxylation is 1. The van der Waals surface area contributed by atoms with Gasteiger partial charge in [0.25, 0.3) is 0 Å². The monoisotopic (exact) mass is 326 g/mol. The van der Waals surface area contributed by atoms with Crippen LogP contribution >= 0.6 is 27.5 Å². The molecule has 2 rings (SSSR count). The molecule has 0 bridgehead atoms. The van der Waals surface area contributed by atoms with Gasteiger partial charge in [0.15, 0.2) is 5.78 Å². The highest BCUT2D eigenvalue weighted by molar-refractivity contribution is 9.10. The van der Waals surface area contributed by atoms with Crippen LogP contribution in [0, 0.1) is 0 Å². The summed E-state index contributed by atoms with van der Waals surface area (Å²) < 4.78 is 2.53.